The molecule has 0 aromatic rings. The number of aliphatic hydroxyl groups excluding tert-OH is 1. The molecule has 0 rings (SSSR count). The maximum atomic E-state index is 12.9. The highest BCUT2D eigenvalue weighted by Crippen LogP contribution is 2.45. The van der Waals surface area contributed by atoms with Gasteiger partial charge < -0.3 is 33.8 Å². The van der Waals surface area contributed by atoms with Gasteiger partial charge in [0.2, 0.25) is 0 Å². The summed E-state index contributed by atoms with van der Waals surface area (Å²) in [5.74, 6) is -1.35. The Bertz CT molecular complexity index is 1550. The van der Waals surface area contributed by atoms with Crippen LogP contribution in [-0.4, -0.2) is 96.7 Å². The van der Waals surface area contributed by atoms with Crippen LogP contribution in [0.3, 0.4) is 0 Å². The van der Waals surface area contributed by atoms with Crippen molar-refractivity contribution >= 4 is 39.5 Å². The van der Waals surface area contributed by atoms with E-state index in [0.717, 1.165) is 109 Å². The molecule has 79 heavy (non-hydrogen) atoms. The van der Waals surface area contributed by atoms with Gasteiger partial charge in [0.25, 0.3) is 0 Å². The zero-order valence-corrected chi connectivity index (χ0v) is 52.3. The highest BCUT2D eigenvalue weighted by molar-refractivity contribution is 7.47. The van der Waals surface area contributed by atoms with Crippen molar-refractivity contribution in [2.24, 2.45) is 5.92 Å². The first-order valence-electron chi connectivity index (χ1n) is 31.7. The van der Waals surface area contributed by atoms with E-state index >= 15 is 0 Å². The Kier molecular flexibility index (Phi) is 52.7. The van der Waals surface area contributed by atoms with Gasteiger partial charge in [-0.3, -0.25) is 37.3 Å². The van der Waals surface area contributed by atoms with Crippen LogP contribution in [0.1, 0.15) is 298 Å². The molecule has 468 valence electrons. The molecular weight excluding hydrogens is 1050 g/mol. The largest absolute Gasteiger partial charge is 0.472 e. The fraction of sp³-hybridized carbons (Fsp3) is 0.933. The molecule has 0 saturated carbocycles. The summed E-state index contributed by atoms with van der Waals surface area (Å²) in [6.07, 6.45) is 36.5. The van der Waals surface area contributed by atoms with Crippen LogP contribution < -0.4 is 0 Å². The Labute approximate surface area is 479 Å². The van der Waals surface area contributed by atoms with Crippen LogP contribution >= 0.6 is 15.6 Å². The summed E-state index contributed by atoms with van der Waals surface area (Å²) in [6.45, 7) is 7.07. The van der Waals surface area contributed by atoms with Gasteiger partial charge in [0, 0.05) is 25.7 Å². The fourth-order valence-electron chi connectivity index (χ4n) is 8.84. The number of phosphoric ester groups is 2. The predicted octanol–water partition coefficient (Wildman–Crippen LogP) is 16.2. The molecule has 0 fully saturated rings. The second-order valence-electron chi connectivity index (χ2n) is 22.0. The summed E-state index contributed by atoms with van der Waals surface area (Å²) in [7, 11) is -9.87. The van der Waals surface area contributed by atoms with Crippen molar-refractivity contribution in [2.45, 2.75) is 316 Å². The Balaban J connectivity index is 5.18. The normalized spacial score (nSPS) is 14.7. The topological polar surface area (TPSA) is 237 Å². The minimum Gasteiger partial charge on any atom is -0.462 e. The summed E-state index contributed by atoms with van der Waals surface area (Å²) in [4.78, 5) is 71.7. The number of unbranched alkanes of at least 4 members (excludes halogenated alkanes) is 31. The Hall–Kier alpha value is -1.94. The van der Waals surface area contributed by atoms with Crippen LogP contribution in [0.5, 0.6) is 0 Å². The summed E-state index contributed by atoms with van der Waals surface area (Å²) >= 11 is 0. The van der Waals surface area contributed by atoms with Crippen molar-refractivity contribution in [3.63, 3.8) is 0 Å². The van der Waals surface area contributed by atoms with Gasteiger partial charge in [-0.2, -0.15) is 0 Å². The lowest BCUT2D eigenvalue weighted by molar-refractivity contribution is -0.161. The molecule has 0 amide bonds. The number of hydrogen-bond donors (Lipinski definition) is 3. The van der Waals surface area contributed by atoms with E-state index in [1.807, 2.05) is 0 Å². The molecule has 0 aliphatic rings. The van der Waals surface area contributed by atoms with E-state index in [1.165, 1.54) is 109 Å². The number of carbonyl (C=O) groups is 4. The van der Waals surface area contributed by atoms with E-state index in [1.54, 1.807) is 0 Å². The number of rotatable bonds is 60. The zero-order chi connectivity index (χ0) is 58.5. The van der Waals surface area contributed by atoms with E-state index in [0.29, 0.717) is 25.7 Å². The molecule has 19 heteroatoms. The Morgan fingerprint density at radius 3 is 0.899 bits per heavy atom. The van der Waals surface area contributed by atoms with Gasteiger partial charge in [0.15, 0.2) is 12.2 Å². The molecule has 17 nitrogen and oxygen atoms in total. The standard InChI is InChI=1S/C60H116O17P2/c1-6-10-13-16-18-20-21-22-26-30-34-39-44-58(63)71-50-56(77-60(65)46-41-36-31-27-24-23-25-28-33-37-42-53(5)9-4)52-75-79(68,69)73-48-54(61)47-72-78(66,67)74-51-55(49-70-57(62)43-38-32-15-12-8-3)76-59(64)45-40-35-29-19-17-14-11-7-2/h53-56,61H,6-52H2,1-5H3,(H,66,67)(H,68,69)/t53?,54-,55+,56+/m0/s1. The quantitative estimate of drug-likeness (QED) is 0.0222. The van der Waals surface area contributed by atoms with Gasteiger partial charge in [0.1, 0.15) is 19.3 Å². The molecule has 0 heterocycles. The molecule has 0 saturated heterocycles. The molecule has 0 aromatic heterocycles. The van der Waals surface area contributed by atoms with Gasteiger partial charge in [-0.25, -0.2) is 9.13 Å². The molecule has 6 atom stereocenters. The Morgan fingerprint density at radius 1 is 0.354 bits per heavy atom. The van der Waals surface area contributed by atoms with Gasteiger partial charge >= 0.3 is 39.5 Å². The lowest BCUT2D eigenvalue weighted by Gasteiger charge is -2.21. The predicted molar refractivity (Wildman–Crippen MR) is 312 cm³/mol. The molecule has 0 radical (unpaired) electrons. The second kappa shape index (κ2) is 54.0. The SMILES string of the molecule is CCCCCCCCCCCCCCC(=O)OC[C@H](COP(=O)(O)OC[C@@H](O)COP(=O)(O)OC[C@@H](COC(=O)CCCCCCC)OC(=O)CCCCCCCCCC)OC(=O)CCCCCCCCCCCCC(C)CC. The molecular formula is C60H116O17P2. The first-order chi connectivity index (χ1) is 38.1. The van der Waals surface area contributed by atoms with Crippen molar-refractivity contribution < 1.29 is 80.2 Å². The van der Waals surface area contributed by atoms with Crippen LogP contribution in [0.25, 0.3) is 0 Å². The van der Waals surface area contributed by atoms with Crippen molar-refractivity contribution in [2.75, 3.05) is 39.6 Å². The van der Waals surface area contributed by atoms with E-state index in [9.17, 15) is 43.2 Å². The number of phosphoric acid groups is 2. The molecule has 0 aliphatic heterocycles. The van der Waals surface area contributed by atoms with Crippen molar-refractivity contribution in [3.8, 4) is 0 Å². The lowest BCUT2D eigenvalue weighted by atomic mass is 9.99. The first kappa shape index (κ1) is 77.1. The molecule has 3 N–H and O–H groups in total. The highest BCUT2D eigenvalue weighted by atomic mass is 31.2. The maximum Gasteiger partial charge on any atom is 0.472 e. The summed E-state index contributed by atoms with van der Waals surface area (Å²) < 4.78 is 67.6. The van der Waals surface area contributed by atoms with Crippen molar-refractivity contribution in [1.82, 2.24) is 0 Å². The molecule has 3 unspecified atom stereocenters. The van der Waals surface area contributed by atoms with Crippen LogP contribution in [0.15, 0.2) is 0 Å². The second-order valence-corrected chi connectivity index (χ2v) is 24.9. The number of aliphatic hydroxyl groups is 1. The number of hydrogen-bond acceptors (Lipinski definition) is 15. The monoisotopic (exact) mass is 1170 g/mol. The zero-order valence-electron chi connectivity index (χ0n) is 50.5. The van der Waals surface area contributed by atoms with Crippen LogP contribution in [-0.2, 0) is 65.4 Å². The maximum absolute atomic E-state index is 12.9. The van der Waals surface area contributed by atoms with Crippen LogP contribution in [0.2, 0.25) is 0 Å². The smallest absolute Gasteiger partial charge is 0.462 e. The third-order valence-electron chi connectivity index (χ3n) is 14.1. The van der Waals surface area contributed by atoms with Crippen LogP contribution in [0, 0.1) is 5.92 Å². The van der Waals surface area contributed by atoms with Gasteiger partial charge in [-0.05, 0) is 31.6 Å². The third-order valence-corrected chi connectivity index (χ3v) is 16.0. The lowest BCUT2D eigenvalue weighted by Crippen LogP contribution is -2.30. The van der Waals surface area contributed by atoms with E-state index in [2.05, 4.69) is 34.6 Å². The summed E-state index contributed by atoms with van der Waals surface area (Å²) in [5, 5.41) is 10.5. The van der Waals surface area contributed by atoms with E-state index < -0.39 is 97.5 Å². The third kappa shape index (κ3) is 53.8. The summed E-state index contributed by atoms with van der Waals surface area (Å²) in [6, 6.07) is 0. The minimum absolute atomic E-state index is 0.104. The number of esters is 4. The molecule has 0 aliphatic carbocycles. The summed E-state index contributed by atoms with van der Waals surface area (Å²) in [5.41, 5.74) is 0. The molecule has 0 aromatic carbocycles. The number of carbonyl (C=O) groups excluding carboxylic acids is 4. The molecule has 0 spiro atoms. The highest BCUT2D eigenvalue weighted by Gasteiger charge is 2.30. The fourth-order valence-corrected chi connectivity index (χ4v) is 10.4. The van der Waals surface area contributed by atoms with Gasteiger partial charge in [-0.1, -0.05) is 247 Å². The van der Waals surface area contributed by atoms with Gasteiger partial charge in [0.05, 0.1) is 26.4 Å². The van der Waals surface area contributed by atoms with E-state index in [4.69, 9.17) is 37.0 Å². The first-order valence-corrected chi connectivity index (χ1v) is 34.7. The van der Waals surface area contributed by atoms with Crippen LogP contribution in [0.4, 0.5) is 0 Å². The average Bonchev–Trinajstić information content (AvgIpc) is 3.42. The molecule has 0 bridgehead atoms. The van der Waals surface area contributed by atoms with Crippen molar-refractivity contribution in [3.05, 3.63) is 0 Å². The van der Waals surface area contributed by atoms with Gasteiger partial charge in [-0.15, -0.1) is 0 Å². The number of ether oxygens (including phenoxy) is 4. The van der Waals surface area contributed by atoms with E-state index in [-0.39, 0.29) is 25.7 Å². The Morgan fingerprint density at radius 2 is 0.608 bits per heavy atom. The average molecular weight is 1170 g/mol. The minimum atomic E-state index is -4.94. The van der Waals surface area contributed by atoms with Crippen molar-refractivity contribution in [1.29, 1.82) is 0 Å².